The van der Waals surface area contributed by atoms with E-state index in [1.807, 2.05) is 0 Å². The topological polar surface area (TPSA) is 21.3 Å². The van der Waals surface area contributed by atoms with Crippen molar-refractivity contribution in [3.8, 4) is 0 Å². The molecule has 1 saturated carbocycles. The van der Waals surface area contributed by atoms with Gasteiger partial charge < -0.3 is 10.1 Å². The Morgan fingerprint density at radius 1 is 1.18 bits per heavy atom. The number of halogens is 1. The minimum atomic E-state index is 0.243. The monoisotopic (exact) mass is 347 g/mol. The summed E-state index contributed by atoms with van der Waals surface area (Å²) in [5.41, 5.74) is 0.243. The highest BCUT2D eigenvalue weighted by atomic mass is 127. The molecule has 17 heavy (non-hydrogen) atoms. The van der Waals surface area contributed by atoms with E-state index in [1.54, 1.807) is 0 Å². The van der Waals surface area contributed by atoms with E-state index in [9.17, 15) is 0 Å². The number of hydrogen-bond donors (Lipinski definition) is 1. The molecule has 1 spiro atoms. The van der Waals surface area contributed by atoms with Crippen LogP contribution in [0, 0.1) is 0 Å². The van der Waals surface area contributed by atoms with Crippen molar-refractivity contribution in [2.75, 3.05) is 19.7 Å². The lowest BCUT2D eigenvalue weighted by Crippen LogP contribution is -2.45. The molecular formula is C13H23BINO. The third kappa shape index (κ3) is 3.84. The van der Waals surface area contributed by atoms with Crippen LogP contribution in [0.5, 0.6) is 0 Å². The molecule has 0 aromatic rings. The van der Waals surface area contributed by atoms with Gasteiger partial charge in [-0.05, 0) is 45.2 Å². The molecule has 0 amide bonds. The maximum Gasteiger partial charge on any atom is 0.0695 e. The van der Waals surface area contributed by atoms with Gasteiger partial charge in [0.25, 0.3) is 0 Å². The van der Waals surface area contributed by atoms with Gasteiger partial charge in [0.15, 0.2) is 0 Å². The molecule has 2 rings (SSSR count). The van der Waals surface area contributed by atoms with Crippen molar-refractivity contribution in [1.82, 2.24) is 5.32 Å². The smallest absolute Gasteiger partial charge is 0.0695 e. The van der Waals surface area contributed by atoms with Gasteiger partial charge in [-0.1, -0.05) is 41.8 Å². The molecule has 0 unspecified atom stereocenters. The average molecular weight is 347 g/mol. The van der Waals surface area contributed by atoms with E-state index < -0.39 is 0 Å². The summed E-state index contributed by atoms with van der Waals surface area (Å²) in [6, 6.07) is 0. The van der Waals surface area contributed by atoms with E-state index in [0.717, 1.165) is 26.0 Å². The molecule has 1 aliphatic heterocycles. The molecule has 1 atom stereocenters. The molecule has 0 bridgehead atoms. The minimum Gasteiger partial charge on any atom is -0.375 e. The zero-order chi connectivity index (χ0) is 12.2. The minimum absolute atomic E-state index is 0.243. The summed E-state index contributed by atoms with van der Waals surface area (Å²) in [6.45, 7) is 2.99. The van der Waals surface area contributed by atoms with Crippen molar-refractivity contribution in [3.63, 3.8) is 0 Å². The first-order chi connectivity index (χ1) is 8.18. The Kier molecular flexibility index (Phi) is 5.19. The van der Waals surface area contributed by atoms with Crippen LogP contribution in [-0.2, 0) is 4.74 Å². The summed E-state index contributed by atoms with van der Waals surface area (Å²) in [5.74, 6) is 0. The molecule has 0 aromatic heterocycles. The third-order valence-corrected chi connectivity index (χ3v) is 5.64. The number of nitrogens with one attached hydrogen (secondary N) is 1. The second-order valence-corrected chi connectivity index (χ2v) is 7.89. The van der Waals surface area contributed by atoms with Crippen LogP contribution in [0.2, 0.25) is 6.32 Å². The number of rotatable bonds is 5. The molecule has 0 aromatic carbocycles. The quantitative estimate of drug-likeness (QED) is 0.358. The normalized spacial score (nSPS) is 32.1. The highest BCUT2D eigenvalue weighted by Gasteiger charge is 2.45. The molecule has 1 aliphatic carbocycles. The SMILES string of the molecule is [B]CCNCC[C@@]1(I)CCOC2(CCCC2)C1. The van der Waals surface area contributed by atoms with E-state index in [2.05, 4.69) is 27.9 Å². The van der Waals surface area contributed by atoms with Crippen LogP contribution in [0.1, 0.15) is 44.9 Å². The van der Waals surface area contributed by atoms with Crippen molar-refractivity contribution in [3.05, 3.63) is 0 Å². The predicted molar refractivity (Wildman–Crippen MR) is 81.2 cm³/mol. The molecule has 96 valence electrons. The van der Waals surface area contributed by atoms with Gasteiger partial charge in [0.05, 0.1) is 13.4 Å². The molecule has 2 nitrogen and oxygen atoms in total. The highest BCUT2D eigenvalue weighted by Crippen LogP contribution is 2.48. The molecule has 4 heteroatoms. The number of ether oxygens (including phenoxy) is 1. The summed E-state index contributed by atoms with van der Waals surface area (Å²) in [4.78, 5) is 0. The fraction of sp³-hybridized carbons (Fsp3) is 1.00. The van der Waals surface area contributed by atoms with Crippen LogP contribution < -0.4 is 5.32 Å². The van der Waals surface area contributed by atoms with Crippen molar-refractivity contribution in [2.24, 2.45) is 0 Å². The van der Waals surface area contributed by atoms with Crippen LogP contribution in [0.15, 0.2) is 0 Å². The number of alkyl halides is 1. The molecule has 2 fully saturated rings. The Hall–Kier alpha value is 0.715. The maximum atomic E-state index is 6.10. The fourth-order valence-electron chi connectivity index (χ4n) is 3.26. The molecular weight excluding hydrogens is 324 g/mol. The Morgan fingerprint density at radius 2 is 1.94 bits per heavy atom. The Morgan fingerprint density at radius 3 is 2.65 bits per heavy atom. The summed E-state index contributed by atoms with van der Waals surface area (Å²) in [6.07, 6.45) is 9.74. The van der Waals surface area contributed by atoms with E-state index in [4.69, 9.17) is 12.6 Å². The second-order valence-electron chi connectivity index (χ2n) is 5.60. The van der Waals surface area contributed by atoms with E-state index in [0.29, 0.717) is 3.42 Å². The lowest BCUT2D eigenvalue weighted by atomic mass is 9.83. The van der Waals surface area contributed by atoms with Gasteiger partial charge in [-0.15, -0.1) is 0 Å². The number of hydrogen-bond acceptors (Lipinski definition) is 2. The van der Waals surface area contributed by atoms with Gasteiger partial charge >= 0.3 is 0 Å². The van der Waals surface area contributed by atoms with Gasteiger partial charge in [-0.3, -0.25) is 0 Å². The molecule has 2 aliphatic rings. The predicted octanol–water partition coefficient (Wildman–Crippen LogP) is 2.85. The first kappa shape index (κ1) is 14.1. The maximum absolute atomic E-state index is 6.10. The summed E-state index contributed by atoms with van der Waals surface area (Å²) < 4.78 is 6.55. The molecule has 1 N–H and O–H groups in total. The molecule has 1 saturated heterocycles. The highest BCUT2D eigenvalue weighted by molar-refractivity contribution is 14.1. The van der Waals surface area contributed by atoms with Gasteiger partial charge in [-0.25, -0.2) is 0 Å². The first-order valence-electron chi connectivity index (χ1n) is 6.92. The lowest BCUT2D eigenvalue weighted by Gasteiger charge is -2.43. The summed E-state index contributed by atoms with van der Waals surface area (Å²) >= 11 is 2.69. The fourth-order valence-corrected chi connectivity index (χ4v) is 4.45. The standard InChI is InChI=1S/C13H23BINO/c14-7-9-16-8-5-12(15)6-10-17-13(11-12)3-1-2-4-13/h16H,1-11H2/t12-/m1/s1. The molecule has 2 radical (unpaired) electrons. The van der Waals surface area contributed by atoms with Crippen LogP contribution in [0.25, 0.3) is 0 Å². The van der Waals surface area contributed by atoms with Gasteiger partial charge in [0, 0.05) is 10.0 Å². The lowest BCUT2D eigenvalue weighted by molar-refractivity contribution is -0.0831. The largest absolute Gasteiger partial charge is 0.375 e. The van der Waals surface area contributed by atoms with Gasteiger partial charge in [0.2, 0.25) is 0 Å². The van der Waals surface area contributed by atoms with E-state index in [-0.39, 0.29) is 5.60 Å². The van der Waals surface area contributed by atoms with Crippen LogP contribution >= 0.6 is 22.6 Å². The van der Waals surface area contributed by atoms with Gasteiger partial charge in [0.1, 0.15) is 0 Å². The summed E-state index contributed by atoms with van der Waals surface area (Å²) in [5, 5.41) is 3.42. The zero-order valence-corrected chi connectivity index (χ0v) is 12.8. The van der Waals surface area contributed by atoms with Crippen LogP contribution in [-0.4, -0.2) is 36.6 Å². The van der Waals surface area contributed by atoms with E-state index in [1.165, 1.54) is 44.9 Å². The van der Waals surface area contributed by atoms with Crippen LogP contribution in [0.4, 0.5) is 0 Å². The average Bonchev–Trinajstić information content (AvgIpc) is 2.72. The van der Waals surface area contributed by atoms with Crippen molar-refractivity contribution >= 4 is 30.4 Å². The van der Waals surface area contributed by atoms with Crippen molar-refractivity contribution in [2.45, 2.75) is 60.3 Å². The van der Waals surface area contributed by atoms with Crippen LogP contribution in [0.3, 0.4) is 0 Å². The Labute approximate surface area is 120 Å². The zero-order valence-electron chi connectivity index (χ0n) is 10.6. The molecule has 1 heterocycles. The summed E-state index contributed by atoms with van der Waals surface area (Å²) in [7, 11) is 5.49. The van der Waals surface area contributed by atoms with E-state index >= 15 is 0 Å². The first-order valence-corrected chi connectivity index (χ1v) is 8.00. The van der Waals surface area contributed by atoms with Crippen molar-refractivity contribution < 1.29 is 4.74 Å². The van der Waals surface area contributed by atoms with Crippen molar-refractivity contribution in [1.29, 1.82) is 0 Å². The Balaban J connectivity index is 1.82. The third-order valence-electron chi connectivity index (χ3n) is 4.18. The Bertz CT molecular complexity index is 246. The second kappa shape index (κ2) is 6.24. The van der Waals surface area contributed by atoms with Gasteiger partial charge in [-0.2, -0.15) is 0 Å².